The van der Waals surface area contributed by atoms with Crippen LogP contribution in [0.25, 0.3) is 11.2 Å². The molecule has 0 saturated carbocycles. The number of carbonyl (C=O) groups excluding carboxylic acids is 2. The van der Waals surface area contributed by atoms with Crippen LogP contribution >= 0.6 is 0 Å². The van der Waals surface area contributed by atoms with Crippen LogP contribution in [0.1, 0.15) is 40.8 Å². The first kappa shape index (κ1) is 29.5. The van der Waals surface area contributed by atoms with Crippen molar-refractivity contribution >= 4 is 47.5 Å². The third kappa shape index (κ3) is 5.44. The minimum atomic E-state index is -2.99. The normalized spacial score (nSPS) is 20.9. The second-order valence-corrected chi connectivity index (χ2v) is 15.6. The molecule has 1 saturated heterocycles. The van der Waals surface area contributed by atoms with Gasteiger partial charge < -0.3 is 19.2 Å². The van der Waals surface area contributed by atoms with Crippen molar-refractivity contribution < 1.29 is 27.9 Å². The molecule has 2 aromatic carbocycles. The Bertz CT molecular complexity index is 1520. The quantitative estimate of drug-likeness (QED) is 0.244. The van der Waals surface area contributed by atoms with Gasteiger partial charge in [-0.3, -0.25) is 14.2 Å². The molecular formula is C30H34FN5O5Si. The molecule has 1 fully saturated rings. The van der Waals surface area contributed by atoms with E-state index < -0.39 is 38.9 Å². The van der Waals surface area contributed by atoms with Crippen LogP contribution in [0.4, 0.5) is 10.2 Å². The van der Waals surface area contributed by atoms with E-state index >= 15 is 4.39 Å². The number of rotatable bonds is 8. The van der Waals surface area contributed by atoms with E-state index in [0.717, 1.165) is 10.4 Å². The molecule has 4 atom stereocenters. The van der Waals surface area contributed by atoms with Gasteiger partial charge in [-0.2, -0.15) is 0 Å². The number of esters is 1. The minimum absolute atomic E-state index is 0.0269. The number of amides is 1. The number of alkyl halides is 1. The van der Waals surface area contributed by atoms with Crippen LogP contribution in [0, 0.1) is 0 Å². The molecule has 0 bridgehead atoms. The molecule has 1 aliphatic heterocycles. The SMILES string of the molecule is CC(=O)Nc1ncnc2c1ncn2C1OC(CO[Si](c2ccccc2)(c2ccccc2)C(C)(C)C)C(OC(C)=O)C1F. The summed E-state index contributed by atoms with van der Waals surface area (Å²) in [6, 6.07) is 20.1. The van der Waals surface area contributed by atoms with Gasteiger partial charge in [0.15, 0.2) is 35.5 Å². The molecule has 4 unspecified atom stereocenters. The summed E-state index contributed by atoms with van der Waals surface area (Å²) in [5.41, 5.74) is 0.538. The Hall–Kier alpha value is -4.00. The Morgan fingerprint density at radius 2 is 1.62 bits per heavy atom. The highest BCUT2D eigenvalue weighted by Crippen LogP contribution is 2.40. The number of benzene rings is 2. The molecular weight excluding hydrogens is 557 g/mol. The average molecular weight is 592 g/mol. The molecule has 10 nitrogen and oxygen atoms in total. The summed E-state index contributed by atoms with van der Waals surface area (Å²) in [5, 5.41) is 4.40. The third-order valence-corrected chi connectivity index (χ3v) is 12.4. The van der Waals surface area contributed by atoms with Gasteiger partial charge in [0.05, 0.1) is 12.9 Å². The van der Waals surface area contributed by atoms with Crippen LogP contribution in [-0.4, -0.2) is 64.7 Å². The summed E-state index contributed by atoms with van der Waals surface area (Å²) in [5.74, 6) is -0.767. The first-order valence-corrected chi connectivity index (χ1v) is 15.6. The average Bonchev–Trinajstić information content (AvgIpc) is 3.50. The molecule has 5 rings (SSSR count). The molecule has 1 N–H and O–H groups in total. The molecule has 0 spiro atoms. The summed E-state index contributed by atoms with van der Waals surface area (Å²) >= 11 is 0. The largest absolute Gasteiger partial charge is 0.456 e. The van der Waals surface area contributed by atoms with E-state index in [4.69, 9.17) is 13.9 Å². The third-order valence-electron chi connectivity index (χ3n) is 7.38. The zero-order valence-electron chi connectivity index (χ0n) is 24.2. The van der Waals surface area contributed by atoms with Crippen LogP contribution in [0.2, 0.25) is 5.04 Å². The lowest BCUT2D eigenvalue weighted by molar-refractivity contribution is -0.152. The molecule has 3 heterocycles. The molecule has 0 radical (unpaired) electrons. The molecule has 220 valence electrons. The number of ether oxygens (including phenoxy) is 2. The van der Waals surface area contributed by atoms with Crippen LogP contribution in [0.3, 0.4) is 0 Å². The maximum Gasteiger partial charge on any atom is 0.303 e. The summed E-state index contributed by atoms with van der Waals surface area (Å²) in [7, 11) is -2.99. The first-order valence-electron chi connectivity index (χ1n) is 13.7. The van der Waals surface area contributed by atoms with Crippen molar-refractivity contribution in [2.24, 2.45) is 0 Å². The maximum atomic E-state index is 16.2. The van der Waals surface area contributed by atoms with Gasteiger partial charge >= 0.3 is 5.97 Å². The zero-order chi connectivity index (χ0) is 30.1. The van der Waals surface area contributed by atoms with Crippen molar-refractivity contribution in [1.29, 1.82) is 0 Å². The molecule has 4 aromatic rings. The maximum absolute atomic E-state index is 16.2. The fraction of sp³-hybridized carbons (Fsp3) is 0.367. The van der Waals surface area contributed by atoms with Gasteiger partial charge in [-0.15, -0.1) is 0 Å². The summed E-state index contributed by atoms with van der Waals surface area (Å²) in [6.07, 6.45) is -2.51. The Morgan fingerprint density at radius 3 is 2.17 bits per heavy atom. The second kappa shape index (κ2) is 11.7. The van der Waals surface area contributed by atoms with Crippen molar-refractivity contribution in [3.63, 3.8) is 0 Å². The highest BCUT2D eigenvalue weighted by Gasteiger charge is 2.54. The van der Waals surface area contributed by atoms with Gasteiger partial charge in [0.1, 0.15) is 12.4 Å². The van der Waals surface area contributed by atoms with Gasteiger partial charge in [0.25, 0.3) is 8.32 Å². The number of imidazole rings is 1. The van der Waals surface area contributed by atoms with Gasteiger partial charge in [0, 0.05) is 13.8 Å². The lowest BCUT2D eigenvalue weighted by Gasteiger charge is -2.43. The number of nitrogens with zero attached hydrogens (tertiary/aromatic N) is 4. The molecule has 12 heteroatoms. The van der Waals surface area contributed by atoms with Gasteiger partial charge in [0.2, 0.25) is 5.91 Å². The Balaban J connectivity index is 1.52. The van der Waals surface area contributed by atoms with Crippen molar-refractivity contribution in [3.8, 4) is 0 Å². The van der Waals surface area contributed by atoms with Crippen molar-refractivity contribution in [1.82, 2.24) is 19.5 Å². The molecule has 0 aliphatic carbocycles. The second-order valence-electron chi connectivity index (χ2n) is 11.3. The Kier molecular flexibility index (Phi) is 8.22. The lowest BCUT2D eigenvalue weighted by Crippen LogP contribution is -2.67. The van der Waals surface area contributed by atoms with E-state index in [0.29, 0.717) is 0 Å². The van der Waals surface area contributed by atoms with Gasteiger partial charge in [-0.05, 0) is 15.4 Å². The summed E-state index contributed by atoms with van der Waals surface area (Å²) in [4.78, 5) is 36.4. The number of hydrogen-bond acceptors (Lipinski definition) is 8. The predicted molar refractivity (Wildman–Crippen MR) is 158 cm³/mol. The smallest absolute Gasteiger partial charge is 0.303 e. The van der Waals surface area contributed by atoms with Crippen LogP contribution in [-0.2, 0) is 23.5 Å². The fourth-order valence-corrected chi connectivity index (χ4v) is 10.2. The van der Waals surface area contributed by atoms with E-state index in [2.05, 4.69) is 65.3 Å². The number of anilines is 1. The topological polar surface area (TPSA) is 117 Å². The van der Waals surface area contributed by atoms with Gasteiger partial charge in [-0.1, -0.05) is 81.4 Å². The van der Waals surface area contributed by atoms with Crippen LogP contribution < -0.4 is 15.7 Å². The lowest BCUT2D eigenvalue weighted by atomic mass is 10.1. The number of halogens is 1. The highest BCUT2D eigenvalue weighted by atomic mass is 28.4. The van der Waals surface area contributed by atoms with E-state index in [1.807, 2.05) is 36.4 Å². The summed E-state index contributed by atoms with van der Waals surface area (Å²) in [6.45, 7) is 8.98. The number of hydrogen-bond donors (Lipinski definition) is 1. The van der Waals surface area contributed by atoms with E-state index in [9.17, 15) is 9.59 Å². The molecule has 1 aliphatic rings. The van der Waals surface area contributed by atoms with Crippen LogP contribution in [0.5, 0.6) is 0 Å². The highest BCUT2D eigenvalue weighted by molar-refractivity contribution is 6.99. The number of aromatic nitrogens is 4. The number of nitrogens with one attached hydrogen (secondary N) is 1. The summed E-state index contributed by atoms with van der Waals surface area (Å²) < 4.78 is 36.3. The first-order chi connectivity index (χ1) is 20.0. The fourth-order valence-electron chi connectivity index (χ4n) is 5.65. The number of carbonyl (C=O) groups is 2. The number of fused-ring (bicyclic) bond motifs is 1. The van der Waals surface area contributed by atoms with Gasteiger partial charge in [-0.25, -0.2) is 19.3 Å². The molecule has 2 aromatic heterocycles. The molecule has 1 amide bonds. The predicted octanol–water partition coefficient (Wildman–Crippen LogP) is 3.53. The zero-order valence-corrected chi connectivity index (χ0v) is 25.2. The van der Waals surface area contributed by atoms with Crippen molar-refractivity contribution in [3.05, 3.63) is 73.3 Å². The minimum Gasteiger partial charge on any atom is -0.456 e. The standard InChI is InChI=1S/C30H34FN5O5Si/c1-19(37)35-27-25-28(33-17-32-27)36(18-34-25)29-24(31)26(40-20(2)38)23(41-29)16-39-42(30(3,4)5,21-12-8-6-9-13-21)22-14-10-7-11-15-22/h6-15,17-18,23-24,26,29H,16H2,1-5H3,(H,32,33,35,37). The Morgan fingerprint density at radius 1 is 1.00 bits per heavy atom. The van der Waals surface area contributed by atoms with E-state index in [-0.39, 0.29) is 34.5 Å². The van der Waals surface area contributed by atoms with Crippen molar-refractivity contribution in [2.45, 2.75) is 64.3 Å². The monoisotopic (exact) mass is 591 g/mol. The van der Waals surface area contributed by atoms with Crippen LogP contribution in [0.15, 0.2) is 73.3 Å². The Labute approximate surface area is 244 Å². The van der Waals surface area contributed by atoms with E-state index in [1.54, 1.807) is 0 Å². The van der Waals surface area contributed by atoms with Crippen molar-refractivity contribution in [2.75, 3.05) is 11.9 Å². The molecule has 42 heavy (non-hydrogen) atoms. The van der Waals surface area contributed by atoms with E-state index in [1.165, 1.54) is 31.1 Å².